The molecule has 5 nitrogen and oxygen atoms in total. The number of phenolic OH excluding ortho intramolecular Hbond substituents is 2. The van der Waals surface area contributed by atoms with E-state index in [0.717, 1.165) is 5.56 Å². The maximum Gasteiger partial charge on any atom is 0.128 e. The standard InChI is InChI=1S/C15H13N3O2/c19-13-7-4-8-14(20)15(13)12-10-18(17-16-12)9-11-5-2-1-3-6-11/h1-8,10,19-20H,9H2. The Morgan fingerprint density at radius 2 is 1.60 bits per heavy atom. The summed E-state index contributed by atoms with van der Waals surface area (Å²) >= 11 is 0. The molecule has 20 heavy (non-hydrogen) atoms. The van der Waals surface area contributed by atoms with Crippen LogP contribution in [0, 0.1) is 0 Å². The van der Waals surface area contributed by atoms with E-state index in [1.165, 1.54) is 12.1 Å². The third-order valence-electron chi connectivity index (χ3n) is 3.00. The molecule has 2 N–H and O–H groups in total. The number of aromatic hydroxyl groups is 2. The molecule has 0 saturated carbocycles. The zero-order valence-corrected chi connectivity index (χ0v) is 10.6. The maximum absolute atomic E-state index is 9.81. The van der Waals surface area contributed by atoms with Crippen molar-refractivity contribution >= 4 is 0 Å². The van der Waals surface area contributed by atoms with Crippen LogP contribution in [0.25, 0.3) is 11.3 Å². The van der Waals surface area contributed by atoms with Gasteiger partial charge in [-0.25, -0.2) is 4.68 Å². The molecule has 5 heteroatoms. The van der Waals surface area contributed by atoms with Crippen LogP contribution in [0.4, 0.5) is 0 Å². The Morgan fingerprint density at radius 3 is 2.30 bits per heavy atom. The van der Waals surface area contributed by atoms with Gasteiger partial charge in [-0.2, -0.15) is 0 Å². The molecular weight excluding hydrogens is 254 g/mol. The summed E-state index contributed by atoms with van der Waals surface area (Å²) in [4.78, 5) is 0. The van der Waals surface area contributed by atoms with Crippen molar-refractivity contribution in [2.75, 3.05) is 0 Å². The average Bonchev–Trinajstić information content (AvgIpc) is 2.88. The molecular formula is C15H13N3O2. The Bertz CT molecular complexity index is 703. The van der Waals surface area contributed by atoms with Crippen LogP contribution in [0.5, 0.6) is 11.5 Å². The lowest BCUT2D eigenvalue weighted by Crippen LogP contribution is -1.99. The lowest BCUT2D eigenvalue weighted by atomic mass is 10.1. The fraction of sp³-hybridized carbons (Fsp3) is 0.0667. The minimum Gasteiger partial charge on any atom is -0.507 e. The number of hydrogen-bond donors (Lipinski definition) is 2. The fourth-order valence-electron chi connectivity index (χ4n) is 2.05. The third kappa shape index (κ3) is 2.33. The van der Waals surface area contributed by atoms with Crippen molar-refractivity contribution in [3.63, 3.8) is 0 Å². The van der Waals surface area contributed by atoms with Gasteiger partial charge < -0.3 is 10.2 Å². The van der Waals surface area contributed by atoms with E-state index in [1.807, 2.05) is 30.3 Å². The minimum absolute atomic E-state index is 0.0169. The topological polar surface area (TPSA) is 71.2 Å². The molecule has 0 aliphatic rings. The van der Waals surface area contributed by atoms with Crippen LogP contribution in [0.1, 0.15) is 5.56 Å². The normalized spacial score (nSPS) is 10.6. The van der Waals surface area contributed by atoms with Gasteiger partial charge in [0.25, 0.3) is 0 Å². The second-order valence-corrected chi connectivity index (χ2v) is 4.46. The van der Waals surface area contributed by atoms with E-state index in [4.69, 9.17) is 0 Å². The van der Waals surface area contributed by atoms with Crippen molar-refractivity contribution in [3.8, 4) is 22.8 Å². The predicted octanol–water partition coefficient (Wildman–Crippen LogP) is 2.40. The Balaban J connectivity index is 1.91. The van der Waals surface area contributed by atoms with Crippen LogP contribution in [0.3, 0.4) is 0 Å². The second kappa shape index (κ2) is 5.05. The Kier molecular flexibility index (Phi) is 3.09. The van der Waals surface area contributed by atoms with E-state index in [1.54, 1.807) is 16.9 Å². The van der Waals surface area contributed by atoms with Gasteiger partial charge in [-0.05, 0) is 17.7 Å². The Hall–Kier alpha value is -2.82. The number of phenols is 2. The van der Waals surface area contributed by atoms with Crippen LogP contribution in [0.15, 0.2) is 54.7 Å². The van der Waals surface area contributed by atoms with Crippen LogP contribution in [-0.2, 0) is 6.54 Å². The van der Waals surface area contributed by atoms with Gasteiger partial charge in [-0.1, -0.05) is 41.6 Å². The molecule has 0 unspecified atom stereocenters. The molecule has 0 atom stereocenters. The van der Waals surface area contributed by atoms with Gasteiger partial charge in [0.2, 0.25) is 0 Å². The summed E-state index contributed by atoms with van der Waals surface area (Å²) in [5, 5.41) is 27.6. The quantitative estimate of drug-likeness (QED) is 0.764. The Labute approximate surface area is 115 Å². The van der Waals surface area contributed by atoms with Gasteiger partial charge in [-0.3, -0.25) is 0 Å². The van der Waals surface area contributed by atoms with Crippen molar-refractivity contribution in [1.82, 2.24) is 15.0 Å². The van der Waals surface area contributed by atoms with E-state index < -0.39 is 0 Å². The largest absolute Gasteiger partial charge is 0.507 e. The van der Waals surface area contributed by atoms with Gasteiger partial charge in [0, 0.05) is 0 Å². The molecule has 100 valence electrons. The highest BCUT2D eigenvalue weighted by atomic mass is 16.3. The average molecular weight is 267 g/mol. The zero-order chi connectivity index (χ0) is 13.9. The lowest BCUT2D eigenvalue weighted by Gasteiger charge is -2.03. The highest BCUT2D eigenvalue weighted by molar-refractivity contribution is 5.72. The van der Waals surface area contributed by atoms with E-state index in [0.29, 0.717) is 17.8 Å². The highest BCUT2D eigenvalue weighted by Gasteiger charge is 2.13. The molecule has 0 bridgehead atoms. The zero-order valence-electron chi connectivity index (χ0n) is 10.6. The predicted molar refractivity (Wildman–Crippen MR) is 74.3 cm³/mol. The van der Waals surface area contributed by atoms with Gasteiger partial charge in [0.05, 0.1) is 18.3 Å². The molecule has 3 aromatic rings. The molecule has 0 saturated heterocycles. The first-order valence-electron chi connectivity index (χ1n) is 6.19. The Morgan fingerprint density at radius 1 is 0.900 bits per heavy atom. The summed E-state index contributed by atoms with van der Waals surface area (Å²) in [7, 11) is 0. The van der Waals surface area contributed by atoms with E-state index in [-0.39, 0.29) is 11.5 Å². The first-order valence-corrected chi connectivity index (χ1v) is 6.19. The van der Waals surface area contributed by atoms with Gasteiger partial charge in [-0.15, -0.1) is 5.10 Å². The summed E-state index contributed by atoms with van der Waals surface area (Å²) in [6, 6.07) is 14.5. The molecule has 0 radical (unpaired) electrons. The molecule has 1 heterocycles. The van der Waals surface area contributed by atoms with E-state index in [2.05, 4.69) is 10.3 Å². The summed E-state index contributed by atoms with van der Waals surface area (Å²) in [5.41, 5.74) is 1.84. The van der Waals surface area contributed by atoms with Crippen molar-refractivity contribution < 1.29 is 10.2 Å². The van der Waals surface area contributed by atoms with Gasteiger partial charge in [0.15, 0.2) is 0 Å². The molecule has 0 spiro atoms. The summed E-state index contributed by atoms with van der Waals surface area (Å²) in [5.74, 6) is -0.0338. The smallest absolute Gasteiger partial charge is 0.128 e. The molecule has 3 rings (SSSR count). The molecule has 0 aliphatic carbocycles. The monoisotopic (exact) mass is 267 g/mol. The third-order valence-corrected chi connectivity index (χ3v) is 3.00. The number of aromatic nitrogens is 3. The van der Waals surface area contributed by atoms with Gasteiger partial charge in [0.1, 0.15) is 17.2 Å². The number of rotatable bonds is 3. The van der Waals surface area contributed by atoms with Crippen LogP contribution >= 0.6 is 0 Å². The fourth-order valence-corrected chi connectivity index (χ4v) is 2.05. The van der Waals surface area contributed by atoms with Crippen LogP contribution in [-0.4, -0.2) is 25.2 Å². The first-order chi connectivity index (χ1) is 9.74. The number of nitrogens with zero attached hydrogens (tertiary/aromatic N) is 3. The second-order valence-electron chi connectivity index (χ2n) is 4.46. The lowest BCUT2D eigenvalue weighted by molar-refractivity contribution is 0.454. The van der Waals surface area contributed by atoms with E-state index >= 15 is 0 Å². The molecule has 0 amide bonds. The van der Waals surface area contributed by atoms with E-state index in [9.17, 15) is 10.2 Å². The van der Waals surface area contributed by atoms with Crippen LogP contribution in [0.2, 0.25) is 0 Å². The van der Waals surface area contributed by atoms with Crippen molar-refractivity contribution in [2.45, 2.75) is 6.54 Å². The van der Waals surface area contributed by atoms with Crippen LogP contribution < -0.4 is 0 Å². The SMILES string of the molecule is Oc1cccc(O)c1-c1cn(Cc2ccccc2)nn1. The van der Waals surface area contributed by atoms with Gasteiger partial charge >= 0.3 is 0 Å². The highest BCUT2D eigenvalue weighted by Crippen LogP contribution is 2.35. The molecule has 2 aromatic carbocycles. The molecule has 0 fully saturated rings. The number of hydrogen-bond acceptors (Lipinski definition) is 4. The molecule has 0 aliphatic heterocycles. The number of benzene rings is 2. The maximum atomic E-state index is 9.81. The van der Waals surface area contributed by atoms with Crippen molar-refractivity contribution in [3.05, 3.63) is 60.3 Å². The van der Waals surface area contributed by atoms with Crippen molar-refractivity contribution in [1.29, 1.82) is 0 Å². The minimum atomic E-state index is -0.0169. The summed E-state index contributed by atoms with van der Waals surface area (Å²) in [6.07, 6.45) is 1.70. The molecule has 1 aromatic heterocycles. The summed E-state index contributed by atoms with van der Waals surface area (Å²) < 4.78 is 1.66. The van der Waals surface area contributed by atoms with Crippen molar-refractivity contribution in [2.24, 2.45) is 0 Å². The summed E-state index contributed by atoms with van der Waals surface area (Å²) in [6.45, 7) is 0.586. The first kappa shape index (κ1) is 12.2.